The molecule has 2 rings (SSSR count). The number of amides is 1. The van der Waals surface area contributed by atoms with Crippen LogP contribution in [-0.4, -0.2) is 56.3 Å². The standard InChI is InChI=1S/C25H27N3O6/c1-2-31-23-18-20(10-11-22(23)33-17-16-32-21-8-4-3-5-9-21)25(30)34-19-24(29)28(14-6-12-26)15-7-13-27/h3-5,8-11,18H,2,6-7,14-17,19H2,1H3. The number of hydrogen-bond acceptors (Lipinski definition) is 8. The molecule has 0 aliphatic rings. The van der Waals surface area contributed by atoms with E-state index in [1.165, 1.54) is 17.0 Å². The summed E-state index contributed by atoms with van der Waals surface area (Å²) in [6.07, 6.45) is 0.251. The molecule has 178 valence electrons. The molecular weight excluding hydrogens is 438 g/mol. The van der Waals surface area contributed by atoms with Crippen molar-refractivity contribution in [2.24, 2.45) is 0 Å². The monoisotopic (exact) mass is 465 g/mol. The van der Waals surface area contributed by atoms with Gasteiger partial charge in [-0.25, -0.2) is 4.79 Å². The fraction of sp³-hybridized carbons (Fsp3) is 0.360. The van der Waals surface area contributed by atoms with Crippen LogP contribution in [0.5, 0.6) is 17.2 Å². The van der Waals surface area contributed by atoms with Crippen LogP contribution in [-0.2, 0) is 9.53 Å². The summed E-state index contributed by atoms with van der Waals surface area (Å²) in [6, 6.07) is 17.9. The van der Waals surface area contributed by atoms with Gasteiger partial charge < -0.3 is 23.8 Å². The van der Waals surface area contributed by atoms with E-state index in [9.17, 15) is 9.59 Å². The van der Waals surface area contributed by atoms with E-state index >= 15 is 0 Å². The Hall–Kier alpha value is -4.24. The number of carbonyl (C=O) groups excluding carboxylic acids is 2. The summed E-state index contributed by atoms with van der Waals surface area (Å²) in [7, 11) is 0. The van der Waals surface area contributed by atoms with Crippen molar-refractivity contribution < 1.29 is 28.5 Å². The van der Waals surface area contributed by atoms with Crippen molar-refractivity contribution in [3.05, 3.63) is 54.1 Å². The second-order valence-electron chi connectivity index (χ2n) is 6.88. The van der Waals surface area contributed by atoms with E-state index in [0.717, 1.165) is 5.75 Å². The molecule has 2 aromatic rings. The Morgan fingerprint density at radius 3 is 2.21 bits per heavy atom. The van der Waals surface area contributed by atoms with E-state index in [2.05, 4.69) is 0 Å². The first-order valence-corrected chi connectivity index (χ1v) is 10.8. The maximum Gasteiger partial charge on any atom is 0.338 e. The predicted octanol–water partition coefficient (Wildman–Crippen LogP) is 3.36. The van der Waals surface area contributed by atoms with Gasteiger partial charge in [-0.2, -0.15) is 10.5 Å². The highest BCUT2D eigenvalue weighted by molar-refractivity contribution is 5.92. The van der Waals surface area contributed by atoms with E-state index < -0.39 is 18.5 Å². The molecule has 0 radical (unpaired) electrons. The van der Waals surface area contributed by atoms with Gasteiger partial charge in [0.05, 0.1) is 37.2 Å². The average Bonchev–Trinajstić information content (AvgIpc) is 2.86. The summed E-state index contributed by atoms with van der Waals surface area (Å²) in [4.78, 5) is 26.1. The zero-order chi connectivity index (χ0) is 24.6. The lowest BCUT2D eigenvalue weighted by Crippen LogP contribution is -2.36. The Morgan fingerprint density at radius 2 is 1.56 bits per heavy atom. The normalized spacial score (nSPS) is 9.85. The van der Waals surface area contributed by atoms with Gasteiger partial charge in [-0.05, 0) is 37.3 Å². The zero-order valence-corrected chi connectivity index (χ0v) is 19.1. The van der Waals surface area contributed by atoms with Crippen molar-refractivity contribution in [3.63, 3.8) is 0 Å². The first kappa shape index (κ1) is 26.0. The van der Waals surface area contributed by atoms with Crippen LogP contribution in [0.2, 0.25) is 0 Å². The quantitative estimate of drug-likeness (QED) is 0.307. The van der Waals surface area contributed by atoms with E-state index in [-0.39, 0.29) is 38.1 Å². The molecule has 0 atom stereocenters. The summed E-state index contributed by atoms with van der Waals surface area (Å²) in [5.74, 6) is 0.386. The summed E-state index contributed by atoms with van der Waals surface area (Å²) in [5.41, 5.74) is 0.199. The van der Waals surface area contributed by atoms with Gasteiger partial charge in [-0.15, -0.1) is 0 Å². The van der Waals surface area contributed by atoms with Crippen LogP contribution in [0.4, 0.5) is 0 Å². The summed E-state index contributed by atoms with van der Waals surface area (Å²) in [5, 5.41) is 17.5. The SMILES string of the molecule is CCOc1cc(C(=O)OCC(=O)N(CCC#N)CCC#N)ccc1OCCOc1ccccc1. The van der Waals surface area contributed by atoms with Crippen molar-refractivity contribution in [2.45, 2.75) is 19.8 Å². The molecule has 0 aromatic heterocycles. The number of nitriles is 2. The van der Waals surface area contributed by atoms with Gasteiger partial charge in [-0.1, -0.05) is 18.2 Å². The largest absolute Gasteiger partial charge is 0.490 e. The molecule has 2 aromatic carbocycles. The lowest BCUT2D eigenvalue weighted by molar-refractivity contribution is -0.134. The highest BCUT2D eigenvalue weighted by atomic mass is 16.5. The smallest absolute Gasteiger partial charge is 0.338 e. The number of carbonyl (C=O) groups is 2. The van der Waals surface area contributed by atoms with Crippen LogP contribution >= 0.6 is 0 Å². The zero-order valence-electron chi connectivity index (χ0n) is 19.1. The van der Waals surface area contributed by atoms with E-state index in [1.807, 2.05) is 49.4 Å². The van der Waals surface area contributed by atoms with Crippen molar-refractivity contribution >= 4 is 11.9 Å². The molecule has 0 aliphatic carbocycles. The predicted molar refractivity (Wildman–Crippen MR) is 122 cm³/mol. The molecule has 0 spiro atoms. The number of ether oxygens (including phenoxy) is 4. The van der Waals surface area contributed by atoms with Crippen molar-refractivity contribution in [1.82, 2.24) is 4.90 Å². The van der Waals surface area contributed by atoms with Gasteiger partial charge in [0.2, 0.25) is 0 Å². The molecular formula is C25H27N3O6. The molecule has 9 nitrogen and oxygen atoms in total. The van der Waals surface area contributed by atoms with Crippen LogP contribution < -0.4 is 14.2 Å². The third-order valence-corrected chi connectivity index (χ3v) is 4.50. The summed E-state index contributed by atoms with van der Waals surface area (Å²) >= 11 is 0. The highest BCUT2D eigenvalue weighted by Crippen LogP contribution is 2.29. The number of esters is 1. The van der Waals surface area contributed by atoms with Crippen LogP contribution in [0.1, 0.15) is 30.1 Å². The van der Waals surface area contributed by atoms with Gasteiger partial charge in [0.25, 0.3) is 5.91 Å². The second-order valence-corrected chi connectivity index (χ2v) is 6.88. The fourth-order valence-corrected chi connectivity index (χ4v) is 2.88. The van der Waals surface area contributed by atoms with Crippen molar-refractivity contribution in [2.75, 3.05) is 39.5 Å². The minimum absolute atomic E-state index is 0.126. The van der Waals surface area contributed by atoms with Gasteiger partial charge in [0, 0.05) is 13.1 Å². The Kier molecular flexibility index (Phi) is 11.3. The van der Waals surface area contributed by atoms with Crippen LogP contribution in [0.3, 0.4) is 0 Å². The van der Waals surface area contributed by atoms with Crippen molar-refractivity contribution in [3.8, 4) is 29.4 Å². The molecule has 0 bridgehead atoms. The van der Waals surface area contributed by atoms with E-state index in [4.69, 9.17) is 29.5 Å². The molecule has 34 heavy (non-hydrogen) atoms. The fourth-order valence-electron chi connectivity index (χ4n) is 2.88. The third-order valence-electron chi connectivity index (χ3n) is 4.50. The van der Waals surface area contributed by atoms with Crippen LogP contribution in [0.15, 0.2) is 48.5 Å². The summed E-state index contributed by atoms with van der Waals surface area (Å²) in [6.45, 7) is 2.62. The summed E-state index contributed by atoms with van der Waals surface area (Å²) < 4.78 is 22.1. The number of nitrogens with zero attached hydrogens (tertiary/aromatic N) is 3. The maximum atomic E-state index is 12.5. The van der Waals surface area contributed by atoms with Crippen molar-refractivity contribution in [1.29, 1.82) is 10.5 Å². The van der Waals surface area contributed by atoms with E-state index in [0.29, 0.717) is 24.7 Å². The van der Waals surface area contributed by atoms with Gasteiger partial charge in [0.1, 0.15) is 19.0 Å². The Balaban J connectivity index is 1.93. The number of benzene rings is 2. The molecule has 9 heteroatoms. The molecule has 1 amide bonds. The Morgan fingerprint density at radius 1 is 0.882 bits per heavy atom. The molecule has 0 saturated heterocycles. The van der Waals surface area contributed by atoms with Crippen LogP contribution in [0, 0.1) is 22.7 Å². The highest BCUT2D eigenvalue weighted by Gasteiger charge is 2.18. The van der Waals surface area contributed by atoms with E-state index in [1.54, 1.807) is 6.07 Å². The molecule has 0 saturated carbocycles. The second kappa shape index (κ2) is 14.8. The number of para-hydroxylation sites is 1. The van der Waals surface area contributed by atoms with Gasteiger partial charge in [-0.3, -0.25) is 4.79 Å². The third kappa shape index (κ3) is 8.71. The maximum absolute atomic E-state index is 12.5. The first-order valence-electron chi connectivity index (χ1n) is 10.8. The Labute approximate surface area is 199 Å². The Bertz CT molecular complexity index is 996. The topological polar surface area (TPSA) is 122 Å². The number of hydrogen-bond donors (Lipinski definition) is 0. The molecule has 0 heterocycles. The lowest BCUT2D eigenvalue weighted by atomic mass is 10.2. The minimum Gasteiger partial charge on any atom is -0.490 e. The first-order chi connectivity index (χ1) is 16.6. The van der Waals surface area contributed by atoms with Crippen LogP contribution in [0.25, 0.3) is 0 Å². The van der Waals surface area contributed by atoms with Gasteiger partial charge >= 0.3 is 5.97 Å². The lowest BCUT2D eigenvalue weighted by Gasteiger charge is -2.20. The van der Waals surface area contributed by atoms with Gasteiger partial charge in [0.15, 0.2) is 18.1 Å². The molecule has 0 unspecified atom stereocenters. The number of rotatable bonds is 14. The molecule has 0 fully saturated rings. The molecule has 0 aliphatic heterocycles. The average molecular weight is 466 g/mol. The molecule has 0 N–H and O–H groups in total. The minimum atomic E-state index is -0.700.